The Labute approximate surface area is 270 Å². The molecule has 3 rings (SSSR count). The molecular formula is C38H62N2O3S. The highest BCUT2D eigenvalue weighted by molar-refractivity contribution is 7.89. The van der Waals surface area contributed by atoms with E-state index >= 15 is 0 Å². The predicted octanol–water partition coefficient (Wildman–Crippen LogP) is 10.0. The van der Waals surface area contributed by atoms with Crippen molar-refractivity contribution in [2.24, 2.45) is 0 Å². The molecule has 0 atom stereocenters. The molecule has 2 aromatic carbocycles. The topological polar surface area (TPSA) is 58.6 Å². The number of likely N-dealkylation sites (tertiary alicyclic amines) is 1. The van der Waals surface area contributed by atoms with E-state index in [1.165, 1.54) is 89.0 Å². The third kappa shape index (κ3) is 12.5. The van der Waals surface area contributed by atoms with Gasteiger partial charge in [0.1, 0.15) is 5.75 Å². The average Bonchev–Trinajstić information content (AvgIpc) is 2.97. The molecule has 0 radical (unpaired) electrons. The van der Waals surface area contributed by atoms with Crippen LogP contribution in [0.1, 0.15) is 143 Å². The van der Waals surface area contributed by atoms with Crippen LogP contribution in [0.5, 0.6) is 5.75 Å². The predicted molar refractivity (Wildman–Crippen MR) is 186 cm³/mol. The Morgan fingerprint density at radius 1 is 0.705 bits per heavy atom. The number of sulfonamides is 1. The number of benzene rings is 2. The van der Waals surface area contributed by atoms with E-state index in [4.69, 9.17) is 4.74 Å². The van der Waals surface area contributed by atoms with Crippen LogP contribution in [0.4, 0.5) is 0 Å². The lowest BCUT2D eigenvalue weighted by Gasteiger charge is -2.55. The first-order valence-corrected chi connectivity index (χ1v) is 19.1. The summed E-state index contributed by atoms with van der Waals surface area (Å²) in [7, 11) is -3.63. The fourth-order valence-electron chi connectivity index (χ4n) is 7.08. The smallest absolute Gasteiger partial charge is 0.240 e. The van der Waals surface area contributed by atoms with E-state index in [-0.39, 0.29) is 17.1 Å². The number of hydrogen-bond donors (Lipinski definition) is 1. The number of unbranched alkanes of at least 4 members (excludes halogenated alkanes) is 13. The first-order valence-electron chi connectivity index (χ1n) is 17.6. The van der Waals surface area contributed by atoms with Crippen LogP contribution in [0.2, 0.25) is 0 Å². The minimum Gasteiger partial charge on any atom is -0.494 e. The highest BCUT2D eigenvalue weighted by atomic mass is 32.2. The molecule has 0 saturated carbocycles. The van der Waals surface area contributed by atoms with Gasteiger partial charge in [-0.25, -0.2) is 13.1 Å². The summed E-state index contributed by atoms with van der Waals surface area (Å²) in [5.41, 5.74) is 0.963. The molecule has 248 valence electrons. The van der Waals surface area contributed by atoms with Crippen LogP contribution in [-0.4, -0.2) is 37.0 Å². The van der Waals surface area contributed by atoms with Gasteiger partial charge in [0.2, 0.25) is 10.0 Å². The van der Waals surface area contributed by atoms with E-state index in [2.05, 4.69) is 68.5 Å². The van der Waals surface area contributed by atoms with Gasteiger partial charge in [0.25, 0.3) is 0 Å². The Bertz CT molecular complexity index is 1140. The van der Waals surface area contributed by atoms with E-state index in [9.17, 15) is 8.42 Å². The SMILES string of the molecule is CCCCCCCCCCCCCCCCOc1ccc(S(=O)(=O)NC2CC(C)(C)N(Cc3ccccc3)C(C)(C)C2)cc1. The van der Waals surface area contributed by atoms with E-state index in [0.29, 0.717) is 11.5 Å². The quantitative estimate of drug-likeness (QED) is 0.140. The van der Waals surface area contributed by atoms with Gasteiger partial charge in [0, 0.05) is 23.7 Å². The molecule has 0 spiro atoms. The molecule has 0 bridgehead atoms. The Morgan fingerprint density at radius 2 is 1.18 bits per heavy atom. The minimum absolute atomic E-state index is 0.131. The van der Waals surface area contributed by atoms with Crippen molar-refractivity contribution < 1.29 is 13.2 Å². The zero-order valence-electron chi connectivity index (χ0n) is 28.6. The Balaban J connectivity index is 1.33. The maximum atomic E-state index is 13.3. The third-order valence-corrected chi connectivity index (χ3v) is 10.9. The second-order valence-electron chi connectivity index (χ2n) is 14.3. The van der Waals surface area contributed by atoms with Gasteiger partial charge in [-0.15, -0.1) is 0 Å². The van der Waals surface area contributed by atoms with Gasteiger partial charge in [-0.1, -0.05) is 121 Å². The zero-order chi connectivity index (χ0) is 31.9. The molecule has 1 heterocycles. The van der Waals surface area contributed by atoms with Gasteiger partial charge in [-0.2, -0.15) is 0 Å². The van der Waals surface area contributed by atoms with Gasteiger partial charge in [0.05, 0.1) is 11.5 Å². The molecule has 1 aliphatic rings. The monoisotopic (exact) mass is 626 g/mol. The molecule has 0 aliphatic carbocycles. The molecule has 5 nitrogen and oxygen atoms in total. The van der Waals surface area contributed by atoms with Gasteiger partial charge < -0.3 is 4.74 Å². The molecule has 0 amide bonds. The van der Waals surface area contributed by atoms with Crippen molar-refractivity contribution in [3.05, 3.63) is 60.2 Å². The van der Waals surface area contributed by atoms with Crippen molar-refractivity contribution in [3.8, 4) is 5.75 Å². The molecule has 1 fully saturated rings. The number of ether oxygens (including phenoxy) is 1. The van der Waals surface area contributed by atoms with E-state index in [1.807, 2.05) is 6.07 Å². The standard InChI is InChI=1S/C38H62N2O3S/c1-6-7-8-9-10-11-12-13-14-15-16-17-18-22-29-43-35-25-27-36(28-26-35)44(41,42)39-34-30-37(2,3)40(38(4,5)31-34)32-33-23-20-19-21-24-33/h19-21,23-28,34,39H,6-18,22,29-32H2,1-5H3. The summed E-state index contributed by atoms with van der Waals surface area (Å²) in [5.74, 6) is 0.732. The van der Waals surface area contributed by atoms with Crippen LogP contribution >= 0.6 is 0 Å². The van der Waals surface area contributed by atoms with Crippen LogP contribution in [0.3, 0.4) is 0 Å². The molecule has 44 heavy (non-hydrogen) atoms. The van der Waals surface area contributed by atoms with Crippen LogP contribution in [0, 0.1) is 0 Å². The van der Waals surface area contributed by atoms with Gasteiger partial charge >= 0.3 is 0 Å². The van der Waals surface area contributed by atoms with Crippen molar-refractivity contribution in [1.29, 1.82) is 0 Å². The summed E-state index contributed by atoms with van der Waals surface area (Å²) in [4.78, 5) is 2.81. The normalized spacial score (nSPS) is 17.1. The van der Waals surface area contributed by atoms with Crippen molar-refractivity contribution in [3.63, 3.8) is 0 Å². The van der Waals surface area contributed by atoms with Gasteiger partial charge in [-0.05, 0) is 76.8 Å². The molecule has 0 aromatic heterocycles. The van der Waals surface area contributed by atoms with Crippen molar-refractivity contribution in [1.82, 2.24) is 9.62 Å². The molecule has 1 aliphatic heterocycles. The largest absolute Gasteiger partial charge is 0.494 e. The lowest BCUT2D eigenvalue weighted by molar-refractivity contribution is -0.0442. The van der Waals surface area contributed by atoms with Crippen LogP contribution in [0.15, 0.2) is 59.5 Å². The number of hydrogen-bond acceptors (Lipinski definition) is 4. The Morgan fingerprint density at radius 3 is 1.68 bits per heavy atom. The highest BCUT2D eigenvalue weighted by Crippen LogP contribution is 2.40. The van der Waals surface area contributed by atoms with Gasteiger partial charge in [0.15, 0.2) is 0 Å². The van der Waals surface area contributed by atoms with Crippen LogP contribution < -0.4 is 9.46 Å². The summed E-state index contributed by atoms with van der Waals surface area (Å²) in [6.07, 6.45) is 20.2. The second kappa shape index (κ2) is 18.3. The number of nitrogens with one attached hydrogen (secondary N) is 1. The molecule has 2 aromatic rings. The third-order valence-electron chi connectivity index (χ3n) is 9.36. The first-order chi connectivity index (χ1) is 21.0. The number of rotatable bonds is 21. The fourth-order valence-corrected chi connectivity index (χ4v) is 8.32. The molecule has 1 saturated heterocycles. The maximum Gasteiger partial charge on any atom is 0.240 e. The van der Waals surface area contributed by atoms with E-state index in [1.54, 1.807) is 24.3 Å². The second-order valence-corrected chi connectivity index (χ2v) is 16.1. The lowest BCUT2D eigenvalue weighted by Crippen LogP contribution is -2.63. The van der Waals surface area contributed by atoms with E-state index in [0.717, 1.165) is 31.6 Å². The first kappa shape index (κ1) is 36.6. The summed E-state index contributed by atoms with van der Waals surface area (Å²) in [6, 6.07) is 17.3. The maximum absolute atomic E-state index is 13.3. The summed E-state index contributed by atoms with van der Waals surface area (Å²) >= 11 is 0. The van der Waals surface area contributed by atoms with Gasteiger partial charge in [-0.3, -0.25) is 4.90 Å². The average molecular weight is 627 g/mol. The zero-order valence-corrected chi connectivity index (χ0v) is 29.4. The van der Waals surface area contributed by atoms with Crippen LogP contribution in [0.25, 0.3) is 0 Å². The fraction of sp³-hybridized carbons (Fsp3) is 0.684. The molecule has 0 unspecified atom stereocenters. The van der Waals surface area contributed by atoms with Crippen molar-refractivity contribution in [2.75, 3.05) is 6.61 Å². The Kier molecular flexibility index (Phi) is 15.2. The molecule has 6 heteroatoms. The lowest BCUT2D eigenvalue weighted by atomic mass is 9.77. The molecular weight excluding hydrogens is 564 g/mol. The minimum atomic E-state index is -3.63. The Hall–Kier alpha value is -1.89. The summed E-state index contributed by atoms with van der Waals surface area (Å²) < 4.78 is 35.7. The van der Waals surface area contributed by atoms with E-state index < -0.39 is 10.0 Å². The summed E-state index contributed by atoms with van der Waals surface area (Å²) in [5, 5.41) is 0. The molecule has 1 N–H and O–H groups in total. The van der Waals surface area contributed by atoms with Crippen molar-refractivity contribution >= 4 is 10.0 Å². The number of piperidine rings is 1. The number of nitrogens with zero attached hydrogens (tertiary/aromatic N) is 1. The van der Waals surface area contributed by atoms with Crippen LogP contribution in [-0.2, 0) is 16.6 Å². The summed E-state index contributed by atoms with van der Waals surface area (Å²) in [6.45, 7) is 12.7. The van der Waals surface area contributed by atoms with Crippen molar-refractivity contribution in [2.45, 2.75) is 166 Å². The highest BCUT2D eigenvalue weighted by Gasteiger charge is 2.46.